The molecule has 2 N–H and O–H groups in total. The zero-order chi connectivity index (χ0) is 21.9. The lowest BCUT2D eigenvalue weighted by Crippen LogP contribution is -2.19. The highest BCUT2D eigenvalue weighted by Crippen LogP contribution is 2.27. The van der Waals surface area contributed by atoms with Crippen molar-refractivity contribution in [3.8, 4) is 17.6 Å². The van der Waals surface area contributed by atoms with E-state index in [9.17, 15) is 10.1 Å². The monoisotopic (exact) mass is 407 g/mol. The number of aryl methyl sites for hydroxylation is 2. The molecule has 2 rings (SSSR count). The molecule has 30 heavy (non-hydrogen) atoms. The molecular formula is C24H29N3O3. The van der Waals surface area contributed by atoms with Crippen LogP contribution < -0.4 is 20.1 Å². The average Bonchev–Trinajstić information content (AvgIpc) is 2.78. The molecule has 0 bridgehead atoms. The van der Waals surface area contributed by atoms with Gasteiger partial charge in [-0.25, -0.2) is 0 Å². The van der Waals surface area contributed by atoms with Crippen LogP contribution in [0.25, 0.3) is 0 Å². The van der Waals surface area contributed by atoms with Crippen molar-refractivity contribution in [2.75, 3.05) is 26.1 Å². The fraction of sp³-hybridized carbons (Fsp3) is 0.333. The molecule has 0 saturated carbocycles. The predicted molar refractivity (Wildman–Crippen MR) is 119 cm³/mol. The maximum atomic E-state index is 12.6. The number of nitriles is 1. The molecule has 0 aliphatic carbocycles. The lowest BCUT2D eigenvalue weighted by molar-refractivity contribution is -0.112. The number of nitrogens with zero attached hydrogens (tertiary/aromatic N) is 1. The van der Waals surface area contributed by atoms with Gasteiger partial charge in [-0.2, -0.15) is 5.26 Å². The van der Waals surface area contributed by atoms with E-state index in [0.29, 0.717) is 24.5 Å². The predicted octanol–water partition coefficient (Wildman–Crippen LogP) is 4.01. The van der Waals surface area contributed by atoms with Crippen LogP contribution in [0.4, 0.5) is 5.69 Å². The maximum Gasteiger partial charge on any atom is 0.267 e. The molecule has 0 radical (unpaired) electrons. The second kappa shape index (κ2) is 11.5. The minimum absolute atomic E-state index is 0.0373. The second-order valence-corrected chi connectivity index (χ2v) is 6.68. The number of hydrogen-bond acceptors (Lipinski definition) is 5. The van der Waals surface area contributed by atoms with Crippen LogP contribution in [0.15, 0.2) is 48.2 Å². The van der Waals surface area contributed by atoms with Crippen molar-refractivity contribution in [2.24, 2.45) is 0 Å². The number of para-hydroxylation sites is 1. The summed E-state index contributed by atoms with van der Waals surface area (Å²) >= 11 is 0. The van der Waals surface area contributed by atoms with Gasteiger partial charge < -0.3 is 20.1 Å². The number of methoxy groups -OCH3 is 2. The lowest BCUT2D eigenvalue weighted by atomic mass is 10.0. The largest absolute Gasteiger partial charge is 0.493 e. The summed E-state index contributed by atoms with van der Waals surface area (Å²) in [5.41, 5.74) is 4.01. The summed E-state index contributed by atoms with van der Waals surface area (Å²) in [5, 5.41) is 15.4. The Morgan fingerprint density at radius 3 is 2.30 bits per heavy atom. The molecule has 158 valence electrons. The molecule has 0 atom stereocenters. The highest BCUT2D eigenvalue weighted by Gasteiger charge is 2.14. The third-order valence-corrected chi connectivity index (χ3v) is 4.85. The third kappa shape index (κ3) is 5.77. The van der Waals surface area contributed by atoms with Crippen molar-refractivity contribution in [1.29, 1.82) is 5.26 Å². The van der Waals surface area contributed by atoms with Crippen LogP contribution in [0.5, 0.6) is 11.5 Å². The van der Waals surface area contributed by atoms with Crippen molar-refractivity contribution in [2.45, 2.75) is 33.1 Å². The second-order valence-electron chi connectivity index (χ2n) is 6.68. The van der Waals surface area contributed by atoms with Crippen LogP contribution in [-0.4, -0.2) is 26.7 Å². The molecule has 0 aliphatic rings. The summed E-state index contributed by atoms with van der Waals surface area (Å²) in [6.07, 6.45) is 3.78. The van der Waals surface area contributed by atoms with Gasteiger partial charge in [-0.15, -0.1) is 0 Å². The zero-order valence-corrected chi connectivity index (χ0v) is 18.0. The van der Waals surface area contributed by atoms with E-state index in [1.807, 2.05) is 56.3 Å². The topological polar surface area (TPSA) is 83.4 Å². The van der Waals surface area contributed by atoms with Crippen molar-refractivity contribution < 1.29 is 14.3 Å². The number of ether oxygens (including phenoxy) is 2. The number of nitrogens with one attached hydrogen (secondary N) is 2. The molecule has 0 heterocycles. The highest BCUT2D eigenvalue weighted by atomic mass is 16.5. The van der Waals surface area contributed by atoms with Crippen molar-refractivity contribution in [3.63, 3.8) is 0 Å². The van der Waals surface area contributed by atoms with Crippen LogP contribution >= 0.6 is 0 Å². The Hall–Kier alpha value is -3.46. The van der Waals surface area contributed by atoms with Gasteiger partial charge in [-0.1, -0.05) is 38.1 Å². The quantitative estimate of drug-likeness (QED) is 0.353. The van der Waals surface area contributed by atoms with E-state index >= 15 is 0 Å². The van der Waals surface area contributed by atoms with Crippen molar-refractivity contribution in [1.82, 2.24) is 5.32 Å². The van der Waals surface area contributed by atoms with Gasteiger partial charge in [0.2, 0.25) is 0 Å². The maximum absolute atomic E-state index is 12.6. The summed E-state index contributed by atoms with van der Waals surface area (Å²) in [5.74, 6) is 0.937. The summed E-state index contributed by atoms with van der Waals surface area (Å²) in [7, 11) is 3.20. The number of amides is 1. The zero-order valence-electron chi connectivity index (χ0n) is 18.0. The molecular weight excluding hydrogens is 378 g/mol. The molecule has 0 spiro atoms. The van der Waals surface area contributed by atoms with Crippen LogP contribution in [0.3, 0.4) is 0 Å². The molecule has 2 aromatic carbocycles. The summed E-state index contributed by atoms with van der Waals surface area (Å²) in [6, 6.07) is 13.7. The summed E-state index contributed by atoms with van der Waals surface area (Å²) in [4.78, 5) is 12.6. The minimum atomic E-state index is -0.410. The number of carbonyl (C=O) groups excluding carboxylic acids is 1. The smallest absolute Gasteiger partial charge is 0.267 e. The molecule has 2 aromatic rings. The minimum Gasteiger partial charge on any atom is -0.493 e. The standard InChI is InChI=1S/C24H29N3O3/c1-5-18-8-7-9-19(6-2)23(18)27-24(28)20(15-25)16-26-13-12-17-10-11-21(29-3)22(14-17)30-4/h7-11,14,16,26H,5-6,12-13H2,1-4H3,(H,27,28)/b20-16-. The van der Waals surface area contributed by atoms with E-state index in [0.717, 1.165) is 35.2 Å². The van der Waals surface area contributed by atoms with E-state index in [1.165, 1.54) is 6.20 Å². The fourth-order valence-electron chi connectivity index (χ4n) is 3.16. The van der Waals surface area contributed by atoms with Gasteiger partial charge in [-0.05, 0) is 48.1 Å². The Labute approximate surface area is 178 Å². The average molecular weight is 408 g/mol. The molecule has 6 heteroatoms. The Morgan fingerprint density at radius 1 is 1.07 bits per heavy atom. The molecule has 1 amide bonds. The Balaban J connectivity index is 2.01. The van der Waals surface area contributed by atoms with E-state index in [1.54, 1.807) is 14.2 Å². The van der Waals surface area contributed by atoms with Crippen molar-refractivity contribution in [3.05, 3.63) is 64.9 Å². The van der Waals surface area contributed by atoms with Crippen LogP contribution in [0.1, 0.15) is 30.5 Å². The lowest BCUT2D eigenvalue weighted by Gasteiger charge is -2.14. The van der Waals surface area contributed by atoms with Gasteiger partial charge in [0.15, 0.2) is 11.5 Å². The Bertz CT molecular complexity index is 923. The molecule has 0 unspecified atom stereocenters. The van der Waals surface area contributed by atoms with Gasteiger partial charge in [0, 0.05) is 18.4 Å². The first-order valence-corrected chi connectivity index (χ1v) is 10.0. The SMILES string of the molecule is CCc1cccc(CC)c1NC(=O)/C(C#N)=C\NCCc1ccc(OC)c(OC)c1. The fourth-order valence-corrected chi connectivity index (χ4v) is 3.16. The number of benzene rings is 2. The molecule has 0 aliphatic heterocycles. The first-order chi connectivity index (χ1) is 14.6. The molecule has 6 nitrogen and oxygen atoms in total. The van der Waals surface area contributed by atoms with Crippen LogP contribution in [0, 0.1) is 11.3 Å². The number of carbonyl (C=O) groups is 1. The van der Waals surface area contributed by atoms with E-state index in [-0.39, 0.29) is 5.57 Å². The van der Waals surface area contributed by atoms with E-state index < -0.39 is 5.91 Å². The third-order valence-electron chi connectivity index (χ3n) is 4.85. The van der Waals surface area contributed by atoms with Gasteiger partial charge in [0.1, 0.15) is 11.6 Å². The van der Waals surface area contributed by atoms with Crippen molar-refractivity contribution >= 4 is 11.6 Å². The van der Waals surface area contributed by atoms with Crippen LogP contribution in [0.2, 0.25) is 0 Å². The van der Waals surface area contributed by atoms with Crippen LogP contribution in [-0.2, 0) is 24.1 Å². The van der Waals surface area contributed by atoms with Gasteiger partial charge >= 0.3 is 0 Å². The molecule has 0 aromatic heterocycles. The number of hydrogen-bond donors (Lipinski definition) is 2. The summed E-state index contributed by atoms with van der Waals surface area (Å²) in [6.45, 7) is 4.65. The van der Waals surface area contributed by atoms with E-state index in [4.69, 9.17) is 9.47 Å². The molecule has 0 saturated heterocycles. The number of rotatable bonds is 10. The van der Waals surface area contributed by atoms with Gasteiger partial charge in [-0.3, -0.25) is 4.79 Å². The summed E-state index contributed by atoms with van der Waals surface area (Å²) < 4.78 is 10.6. The normalized spacial score (nSPS) is 10.8. The van der Waals surface area contributed by atoms with Gasteiger partial charge in [0.25, 0.3) is 5.91 Å². The number of anilines is 1. The molecule has 0 fully saturated rings. The van der Waals surface area contributed by atoms with E-state index in [2.05, 4.69) is 10.6 Å². The first-order valence-electron chi connectivity index (χ1n) is 10.0. The highest BCUT2D eigenvalue weighted by molar-refractivity contribution is 6.07. The van der Waals surface area contributed by atoms with Gasteiger partial charge in [0.05, 0.1) is 14.2 Å². The Morgan fingerprint density at radius 2 is 1.73 bits per heavy atom. The Kier molecular flexibility index (Phi) is 8.76. The first kappa shape index (κ1) is 22.8.